The van der Waals surface area contributed by atoms with E-state index < -0.39 is 0 Å². The van der Waals surface area contributed by atoms with Crippen molar-refractivity contribution in [2.45, 2.75) is 20.4 Å². The molecule has 4 heteroatoms. The van der Waals surface area contributed by atoms with Crippen molar-refractivity contribution in [3.05, 3.63) is 47.1 Å². The lowest BCUT2D eigenvalue weighted by molar-refractivity contribution is -0.117. The monoisotopic (exact) mass is 353 g/mol. The Morgan fingerprint density at radius 2 is 1.85 bits per heavy atom. The summed E-state index contributed by atoms with van der Waals surface area (Å²) in [7, 11) is 6.40. The van der Waals surface area contributed by atoms with Crippen molar-refractivity contribution in [2.75, 3.05) is 52.2 Å². The Morgan fingerprint density at radius 3 is 2.46 bits per heavy atom. The molecule has 2 aliphatic rings. The highest BCUT2D eigenvalue weighted by atomic mass is 16.1. The third-order valence-electron chi connectivity index (χ3n) is 5.49. The smallest absolute Gasteiger partial charge is 0.165 e. The molecular weight excluding hydrogens is 322 g/mol. The zero-order chi connectivity index (χ0) is 18.8. The van der Waals surface area contributed by atoms with Crippen molar-refractivity contribution in [3.8, 4) is 0 Å². The van der Waals surface area contributed by atoms with Crippen molar-refractivity contribution in [3.63, 3.8) is 0 Å². The summed E-state index contributed by atoms with van der Waals surface area (Å²) in [5, 5.41) is 0. The van der Waals surface area contributed by atoms with Crippen LogP contribution in [0.2, 0.25) is 0 Å². The first-order valence-electron chi connectivity index (χ1n) is 9.51. The van der Waals surface area contributed by atoms with Crippen LogP contribution in [0.25, 0.3) is 5.57 Å². The van der Waals surface area contributed by atoms with Crippen LogP contribution in [0.3, 0.4) is 0 Å². The van der Waals surface area contributed by atoms with E-state index in [0.29, 0.717) is 0 Å². The molecule has 1 unspecified atom stereocenters. The third-order valence-corrected chi connectivity index (χ3v) is 5.49. The van der Waals surface area contributed by atoms with Crippen LogP contribution >= 0.6 is 0 Å². The molecular formula is C22H31N3O. The van der Waals surface area contributed by atoms with Crippen LogP contribution in [0, 0.1) is 5.92 Å². The van der Waals surface area contributed by atoms with Gasteiger partial charge in [0.1, 0.15) is 0 Å². The van der Waals surface area contributed by atoms with Gasteiger partial charge in [-0.2, -0.15) is 0 Å². The van der Waals surface area contributed by atoms with E-state index >= 15 is 0 Å². The van der Waals surface area contributed by atoms with Crippen LogP contribution in [0.4, 0.5) is 5.69 Å². The molecule has 3 rings (SSSR count). The summed E-state index contributed by atoms with van der Waals surface area (Å²) in [6.45, 7) is 9.41. The zero-order valence-corrected chi connectivity index (χ0v) is 16.7. The first-order chi connectivity index (χ1) is 12.3. The second-order valence-electron chi connectivity index (χ2n) is 7.92. The maximum Gasteiger partial charge on any atom is 0.165 e. The molecule has 140 valence electrons. The second-order valence-corrected chi connectivity index (χ2v) is 7.92. The molecule has 1 aromatic rings. The predicted molar refractivity (Wildman–Crippen MR) is 109 cm³/mol. The fourth-order valence-corrected chi connectivity index (χ4v) is 3.78. The number of rotatable bonds is 4. The SMILES string of the molecule is CC1=CC(c2ccc(CN3CCN(C)CC3)c(N(C)C)c2)=CC(C)C1=O. The largest absolute Gasteiger partial charge is 0.377 e. The number of hydrogen-bond acceptors (Lipinski definition) is 4. The van der Waals surface area contributed by atoms with Crippen molar-refractivity contribution < 1.29 is 4.79 Å². The van der Waals surface area contributed by atoms with Gasteiger partial charge in [0.2, 0.25) is 0 Å². The van der Waals surface area contributed by atoms with Gasteiger partial charge in [0.15, 0.2) is 5.78 Å². The quantitative estimate of drug-likeness (QED) is 0.831. The molecule has 0 saturated carbocycles. The van der Waals surface area contributed by atoms with Gasteiger partial charge in [-0.05, 0) is 48.4 Å². The highest BCUT2D eigenvalue weighted by Gasteiger charge is 2.20. The van der Waals surface area contributed by atoms with Gasteiger partial charge < -0.3 is 9.80 Å². The predicted octanol–water partition coefficient (Wildman–Crippen LogP) is 3.05. The van der Waals surface area contributed by atoms with Gasteiger partial charge in [0, 0.05) is 58.4 Å². The van der Waals surface area contributed by atoms with Crippen LogP contribution in [0.1, 0.15) is 25.0 Å². The number of ketones is 1. The topological polar surface area (TPSA) is 26.8 Å². The molecule has 1 atom stereocenters. The number of nitrogens with zero attached hydrogens (tertiary/aromatic N) is 3. The summed E-state index contributed by atoms with van der Waals surface area (Å²) in [6, 6.07) is 6.73. The van der Waals surface area contributed by atoms with E-state index in [0.717, 1.165) is 43.9 Å². The molecule has 4 nitrogen and oxygen atoms in total. The van der Waals surface area contributed by atoms with Gasteiger partial charge in [-0.1, -0.05) is 25.1 Å². The summed E-state index contributed by atoms with van der Waals surface area (Å²) in [5.74, 6) is 0.191. The fourth-order valence-electron chi connectivity index (χ4n) is 3.78. The Kier molecular flexibility index (Phi) is 5.64. The Morgan fingerprint density at radius 1 is 1.15 bits per heavy atom. The molecule has 1 saturated heterocycles. The lowest BCUT2D eigenvalue weighted by Crippen LogP contribution is -2.44. The van der Waals surface area contributed by atoms with Gasteiger partial charge in [-0.25, -0.2) is 0 Å². The Hall–Kier alpha value is -1.91. The molecule has 0 radical (unpaired) electrons. The van der Waals surface area contributed by atoms with Crippen LogP contribution in [-0.4, -0.2) is 62.9 Å². The molecule has 0 aromatic heterocycles. The molecule has 0 spiro atoms. The standard InChI is InChI=1S/C22H31N3O/c1-16-12-20(13-17(2)22(16)26)18-6-7-19(21(14-18)23(3)4)15-25-10-8-24(5)9-11-25/h6-7,12-14,16H,8-11,15H2,1-5H3. The molecule has 1 fully saturated rings. The number of likely N-dealkylation sites (N-methyl/N-ethyl adjacent to an activating group) is 1. The Bertz CT molecular complexity index is 740. The minimum atomic E-state index is -0.0391. The summed E-state index contributed by atoms with van der Waals surface area (Å²) >= 11 is 0. The number of hydrogen-bond donors (Lipinski definition) is 0. The number of anilines is 1. The number of allylic oxidation sites excluding steroid dienone is 4. The number of Topliss-reactive ketones (excluding diaryl/α,β-unsaturated/α-hetero) is 1. The van der Waals surface area contributed by atoms with Crippen LogP contribution < -0.4 is 4.90 Å². The number of carbonyl (C=O) groups is 1. The lowest BCUT2D eigenvalue weighted by atomic mass is 9.87. The van der Waals surface area contributed by atoms with E-state index in [9.17, 15) is 4.79 Å². The lowest BCUT2D eigenvalue weighted by Gasteiger charge is -2.33. The minimum Gasteiger partial charge on any atom is -0.377 e. The summed E-state index contributed by atoms with van der Waals surface area (Å²) < 4.78 is 0. The minimum absolute atomic E-state index is 0.0391. The molecule has 0 amide bonds. The Labute approximate surface area is 157 Å². The first-order valence-corrected chi connectivity index (χ1v) is 9.51. The molecule has 1 aliphatic heterocycles. The van der Waals surface area contributed by atoms with E-state index in [1.807, 2.05) is 19.9 Å². The van der Waals surface area contributed by atoms with Gasteiger partial charge in [-0.3, -0.25) is 9.69 Å². The van der Waals surface area contributed by atoms with Gasteiger partial charge in [0.05, 0.1) is 0 Å². The summed E-state index contributed by atoms with van der Waals surface area (Å²) in [5.41, 5.74) is 5.82. The average Bonchev–Trinajstić information content (AvgIpc) is 2.61. The van der Waals surface area contributed by atoms with Gasteiger partial charge in [0.25, 0.3) is 0 Å². The van der Waals surface area contributed by atoms with E-state index in [2.05, 4.69) is 60.1 Å². The molecule has 0 bridgehead atoms. The van der Waals surface area contributed by atoms with Crippen molar-refractivity contribution >= 4 is 17.0 Å². The average molecular weight is 354 g/mol. The second kappa shape index (κ2) is 7.77. The molecule has 26 heavy (non-hydrogen) atoms. The summed E-state index contributed by atoms with van der Waals surface area (Å²) in [4.78, 5) is 19.2. The zero-order valence-electron chi connectivity index (χ0n) is 16.7. The maximum atomic E-state index is 12.0. The van der Waals surface area contributed by atoms with Gasteiger partial charge in [-0.15, -0.1) is 0 Å². The third kappa shape index (κ3) is 4.08. The van der Waals surface area contributed by atoms with Gasteiger partial charge >= 0.3 is 0 Å². The maximum absolute atomic E-state index is 12.0. The highest BCUT2D eigenvalue weighted by molar-refractivity contribution is 6.03. The molecule has 0 N–H and O–H groups in total. The summed E-state index contributed by atoms with van der Waals surface area (Å²) in [6.07, 6.45) is 4.11. The van der Waals surface area contributed by atoms with Crippen LogP contribution in [-0.2, 0) is 11.3 Å². The number of benzene rings is 1. The number of carbonyl (C=O) groups excluding carboxylic acids is 1. The molecule has 1 heterocycles. The highest BCUT2D eigenvalue weighted by Crippen LogP contribution is 2.31. The van der Waals surface area contributed by atoms with Crippen LogP contribution in [0.15, 0.2) is 35.9 Å². The van der Waals surface area contributed by atoms with Crippen molar-refractivity contribution in [1.82, 2.24) is 9.80 Å². The van der Waals surface area contributed by atoms with Crippen molar-refractivity contribution in [1.29, 1.82) is 0 Å². The Balaban J connectivity index is 1.85. The first kappa shape index (κ1) is 18.9. The number of piperazine rings is 1. The van der Waals surface area contributed by atoms with E-state index in [4.69, 9.17) is 0 Å². The van der Waals surface area contributed by atoms with Crippen molar-refractivity contribution in [2.24, 2.45) is 5.92 Å². The molecule has 1 aromatic carbocycles. The van der Waals surface area contributed by atoms with Crippen LogP contribution in [0.5, 0.6) is 0 Å². The normalized spacial score (nSPS) is 22.2. The van der Waals surface area contributed by atoms with E-state index in [1.54, 1.807) is 0 Å². The fraction of sp³-hybridized carbons (Fsp3) is 0.500. The van der Waals surface area contributed by atoms with E-state index in [1.165, 1.54) is 16.8 Å². The molecule has 1 aliphatic carbocycles. The van der Waals surface area contributed by atoms with E-state index in [-0.39, 0.29) is 11.7 Å².